The summed E-state index contributed by atoms with van der Waals surface area (Å²) in [5.41, 5.74) is 2.83. The molecule has 0 aliphatic rings. The number of aromatic nitrogens is 1. The first kappa shape index (κ1) is 15.7. The minimum atomic E-state index is -3.20. The molecule has 1 amide bonds. The summed E-state index contributed by atoms with van der Waals surface area (Å²) in [4.78, 5) is 16.1. The van der Waals surface area contributed by atoms with Crippen LogP contribution in [0.25, 0.3) is 0 Å². The van der Waals surface area contributed by atoms with Gasteiger partial charge in [-0.2, -0.15) is 0 Å². The third kappa shape index (κ3) is 3.68. The summed E-state index contributed by atoms with van der Waals surface area (Å²) in [5.74, 6) is -0.170. The smallest absolute Gasteiger partial charge is 0.271 e. The fraction of sp³-hybridized carbons (Fsp3) is 0.286. The molecular weight excluding hydrogens is 308 g/mol. The van der Waals surface area contributed by atoms with Crippen LogP contribution in [-0.2, 0) is 9.84 Å². The average Bonchev–Trinajstić information content (AvgIpc) is 3.01. The van der Waals surface area contributed by atoms with Crippen molar-refractivity contribution in [3.63, 3.8) is 0 Å². The van der Waals surface area contributed by atoms with Crippen LogP contribution in [-0.4, -0.2) is 25.1 Å². The quantitative estimate of drug-likeness (QED) is 0.916. The molecule has 5 nitrogen and oxygen atoms in total. The molecule has 2 aromatic rings. The van der Waals surface area contributed by atoms with Crippen LogP contribution < -0.4 is 5.32 Å². The predicted octanol–water partition coefficient (Wildman–Crippen LogP) is 2.43. The van der Waals surface area contributed by atoms with Gasteiger partial charge in [0.2, 0.25) is 0 Å². The Morgan fingerprint density at radius 1 is 1.33 bits per heavy atom. The summed E-state index contributed by atoms with van der Waals surface area (Å²) in [6.07, 6.45) is 0. The lowest BCUT2D eigenvalue weighted by atomic mass is 10.1. The van der Waals surface area contributed by atoms with E-state index in [1.165, 1.54) is 11.3 Å². The number of amides is 1. The molecule has 1 aromatic heterocycles. The minimum Gasteiger partial charge on any atom is -0.344 e. The van der Waals surface area contributed by atoms with E-state index < -0.39 is 9.84 Å². The molecular formula is C14H16N2O3S2. The molecule has 1 atom stereocenters. The van der Waals surface area contributed by atoms with Gasteiger partial charge < -0.3 is 5.32 Å². The Morgan fingerprint density at radius 2 is 2.00 bits per heavy atom. The summed E-state index contributed by atoms with van der Waals surface area (Å²) < 4.78 is 23.5. The molecule has 2 rings (SSSR count). The maximum Gasteiger partial charge on any atom is 0.271 e. The van der Waals surface area contributed by atoms with Crippen LogP contribution in [0.3, 0.4) is 0 Å². The summed E-state index contributed by atoms with van der Waals surface area (Å²) in [6, 6.07) is 6.35. The van der Waals surface area contributed by atoms with Gasteiger partial charge in [0, 0.05) is 5.38 Å². The van der Waals surface area contributed by atoms with Gasteiger partial charge in [-0.15, -0.1) is 11.3 Å². The largest absolute Gasteiger partial charge is 0.344 e. The van der Waals surface area contributed by atoms with Crippen molar-refractivity contribution in [1.82, 2.24) is 10.3 Å². The van der Waals surface area contributed by atoms with Gasteiger partial charge in [0.25, 0.3) is 5.91 Å². The normalized spacial score (nSPS) is 12.9. The van der Waals surface area contributed by atoms with Crippen molar-refractivity contribution in [2.45, 2.75) is 24.8 Å². The average molecular weight is 324 g/mol. The molecule has 1 N–H and O–H groups in total. The van der Waals surface area contributed by atoms with Crippen LogP contribution in [0.2, 0.25) is 0 Å². The van der Waals surface area contributed by atoms with E-state index in [0.29, 0.717) is 10.6 Å². The van der Waals surface area contributed by atoms with E-state index in [-0.39, 0.29) is 17.7 Å². The van der Waals surface area contributed by atoms with E-state index in [2.05, 4.69) is 10.3 Å². The van der Waals surface area contributed by atoms with Crippen molar-refractivity contribution in [3.05, 3.63) is 46.4 Å². The van der Waals surface area contributed by atoms with Gasteiger partial charge in [0.15, 0.2) is 9.84 Å². The number of nitrogens with one attached hydrogen (secondary N) is 1. The van der Waals surface area contributed by atoms with Crippen molar-refractivity contribution >= 4 is 27.1 Å². The first-order valence-corrected chi connectivity index (χ1v) is 9.05. The van der Waals surface area contributed by atoms with Crippen LogP contribution in [0, 0.1) is 0 Å². The summed E-state index contributed by atoms with van der Waals surface area (Å²) in [5, 5.41) is 4.51. The van der Waals surface area contributed by atoms with Gasteiger partial charge in [-0.25, -0.2) is 13.4 Å². The molecule has 7 heteroatoms. The second-order valence-electron chi connectivity index (χ2n) is 4.54. The number of sulfone groups is 1. The first-order chi connectivity index (χ1) is 9.94. The van der Waals surface area contributed by atoms with E-state index in [9.17, 15) is 13.2 Å². The molecule has 0 fully saturated rings. The fourth-order valence-electron chi connectivity index (χ4n) is 1.81. The lowest BCUT2D eigenvalue weighted by Gasteiger charge is -2.14. The second-order valence-corrected chi connectivity index (χ2v) is 7.54. The van der Waals surface area contributed by atoms with E-state index in [1.54, 1.807) is 42.1 Å². The maximum atomic E-state index is 11.9. The molecule has 21 heavy (non-hydrogen) atoms. The lowest BCUT2D eigenvalue weighted by Crippen LogP contribution is -2.26. The number of carbonyl (C=O) groups excluding carboxylic acids is 1. The molecule has 112 valence electrons. The van der Waals surface area contributed by atoms with Gasteiger partial charge in [0.1, 0.15) is 5.69 Å². The van der Waals surface area contributed by atoms with Gasteiger partial charge in [-0.3, -0.25) is 4.79 Å². The molecule has 0 aliphatic carbocycles. The van der Waals surface area contributed by atoms with Crippen molar-refractivity contribution < 1.29 is 13.2 Å². The minimum absolute atomic E-state index is 0.0719. The van der Waals surface area contributed by atoms with E-state index in [0.717, 1.165) is 5.56 Å². The molecule has 0 saturated carbocycles. The Bertz CT molecular complexity index is 707. The number of thiazole rings is 1. The van der Waals surface area contributed by atoms with Crippen LogP contribution in [0.5, 0.6) is 0 Å². The van der Waals surface area contributed by atoms with Gasteiger partial charge in [-0.1, -0.05) is 19.1 Å². The third-order valence-electron chi connectivity index (χ3n) is 3.13. The molecule has 0 saturated heterocycles. The number of benzene rings is 1. The Hall–Kier alpha value is -1.73. The van der Waals surface area contributed by atoms with E-state index in [4.69, 9.17) is 0 Å². The van der Waals surface area contributed by atoms with Crippen LogP contribution in [0.15, 0.2) is 40.1 Å². The fourth-order valence-corrected chi connectivity index (χ4v) is 3.23. The zero-order chi connectivity index (χ0) is 15.5. The van der Waals surface area contributed by atoms with E-state index in [1.807, 2.05) is 6.92 Å². The number of hydrogen-bond donors (Lipinski definition) is 1. The summed E-state index contributed by atoms with van der Waals surface area (Å²) in [7, 11) is -3.20. The standard InChI is InChI=1S/C14H16N2O3S2/c1-3-21(18,19)12-6-4-11(5-7-12)10(2)16-14(17)13-8-20-9-15-13/h4-10H,3H2,1-2H3,(H,16,17)/t10-/m0/s1. The molecule has 0 spiro atoms. The Kier molecular flexibility index (Phi) is 4.74. The van der Waals surface area contributed by atoms with Crippen LogP contribution >= 0.6 is 11.3 Å². The van der Waals surface area contributed by atoms with Gasteiger partial charge >= 0.3 is 0 Å². The van der Waals surface area contributed by atoms with Crippen molar-refractivity contribution in [1.29, 1.82) is 0 Å². The predicted molar refractivity (Wildman–Crippen MR) is 82.2 cm³/mol. The van der Waals surface area contributed by atoms with E-state index >= 15 is 0 Å². The number of rotatable bonds is 5. The van der Waals surface area contributed by atoms with Crippen molar-refractivity contribution in [3.8, 4) is 0 Å². The van der Waals surface area contributed by atoms with Gasteiger partial charge in [-0.05, 0) is 24.6 Å². The third-order valence-corrected chi connectivity index (χ3v) is 5.47. The summed E-state index contributed by atoms with van der Waals surface area (Å²) >= 11 is 1.36. The number of hydrogen-bond acceptors (Lipinski definition) is 5. The van der Waals surface area contributed by atoms with Gasteiger partial charge in [0.05, 0.1) is 22.2 Å². The molecule has 1 heterocycles. The SMILES string of the molecule is CCS(=O)(=O)c1ccc([C@H](C)NC(=O)c2cscn2)cc1. The Balaban J connectivity index is 2.10. The second kappa shape index (κ2) is 6.36. The first-order valence-electron chi connectivity index (χ1n) is 6.46. The highest BCUT2D eigenvalue weighted by molar-refractivity contribution is 7.91. The Morgan fingerprint density at radius 3 is 2.52 bits per heavy atom. The van der Waals surface area contributed by atoms with Crippen LogP contribution in [0.1, 0.15) is 35.9 Å². The summed E-state index contributed by atoms with van der Waals surface area (Å²) in [6.45, 7) is 3.45. The maximum absolute atomic E-state index is 11.9. The molecule has 1 aromatic carbocycles. The molecule has 0 radical (unpaired) electrons. The van der Waals surface area contributed by atoms with Crippen LogP contribution in [0.4, 0.5) is 0 Å². The zero-order valence-electron chi connectivity index (χ0n) is 11.7. The molecule has 0 bridgehead atoms. The highest BCUT2D eigenvalue weighted by Crippen LogP contribution is 2.17. The topological polar surface area (TPSA) is 76.1 Å². The number of carbonyl (C=O) groups is 1. The van der Waals surface area contributed by atoms with Crippen molar-refractivity contribution in [2.75, 3.05) is 5.75 Å². The number of nitrogens with zero attached hydrogens (tertiary/aromatic N) is 1. The highest BCUT2D eigenvalue weighted by atomic mass is 32.2. The molecule has 0 aliphatic heterocycles. The lowest BCUT2D eigenvalue weighted by molar-refractivity contribution is 0.0935. The zero-order valence-corrected chi connectivity index (χ0v) is 13.4. The van der Waals surface area contributed by atoms with Crippen molar-refractivity contribution in [2.24, 2.45) is 0 Å². The molecule has 0 unspecified atom stereocenters. The Labute approximate surface area is 128 Å². The highest BCUT2D eigenvalue weighted by Gasteiger charge is 2.15. The monoisotopic (exact) mass is 324 g/mol.